The Morgan fingerprint density at radius 2 is 2.13 bits per heavy atom. The summed E-state index contributed by atoms with van der Waals surface area (Å²) in [4.78, 5) is 11.9. The van der Waals surface area contributed by atoms with Crippen molar-refractivity contribution in [3.8, 4) is 5.75 Å². The SMILES string of the molecule is C[C@H](NC(=O)OC(C)(C)C)c1ccccc1OCC1CCOC1. The number of carbonyl (C=O) groups excluding carboxylic acids is 1. The molecule has 128 valence electrons. The van der Waals surface area contributed by atoms with E-state index in [4.69, 9.17) is 14.2 Å². The number of para-hydroxylation sites is 1. The summed E-state index contributed by atoms with van der Waals surface area (Å²) in [5, 5.41) is 2.86. The fourth-order valence-corrected chi connectivity index (χ4v) is 2.45. The van der Waals surface area contributed by atoms with Gasteiger partial charge in [-0.25, -0.2) is 4.79 Å². The minimum atomic E-state index is -0.512. The van der Waals surface area contributed by atoms with E-state index >= 15 is 0 Å². The van der Waals surface area contributed by atoms with Crippen molar-refractivity contribution in [2.45, 2.75) is 45.8 Å². The van der Waals surface area contributed by atoms with Gasteiger partial charge in [-0.2, -0.15) is 0 Å². The normalized spacial score (nSPS) is 19.2. The summed E-state index contributed by atoms with van der Waals surface area (Å²) in [7, 11) is 0. The lowest BCUT2D eigenvalue weighted by Gasteiger charge is -2.23. The number of rotatable bonds is 5. The van der Waals surface area contributed by atoms with Gasteiger partial charge in [0.05, 0.1) is 19.3 Å². The number of alkyl carbamates (subject to hydrolysis) is 1. The van der Waals surface area contributed by atoms with E-state index < -0.39 is 11.7 Å². The van der Waals surface area contributed by atoms with E-state index in [1.165, 1.54) is 0 Å². The first-order chi connectivity index (χ1) is 10.8. The highest BCUT2D eigenvalue weighted by molar-refractivity contribution is 5.68. The lowest BCUT2D eigenvalue weighted by atomic mass is 10.1. The lowest BCUT2D eigenvalue weighted by molar-refractivity contribution is 0.0507. The standard InChI is InChI=1S/C18H27NO4/c1-13(19-17(20)23-18(2,3)4)15-7-5-6-8-16(15)22-12-14-9-10-21-11-14/h5-8,13-14H,9-12H2,1-4H3,(H,19,20)/t13-,14?/m0/s1. The van der Waals surface area contributed by atoms with Gasteiger partial charge in [-0.05, 0) is 40.2 Å². The Balaban J connectivity index is 1.96. The number of hydrogen-bond donors (Lipinski definition) is 1. The van der Waals surface area contributed by atoms with Gasteiger partial charge in [-0.3, -0.25) is 0 Å². The highest BCUT2D eigenvalue weighted by Gasteiger charge is 2.21. The topological polar surface area (TPSA) is 56.8 Å². The monoisotopic (exact) mass is 321 g/mol. The van der Waals surface area contributed by atoms with Crippen molar-refractivity contribution in [2.75, 3.05) is 19.8 Å². The molecule has 5 heteroatoms. The fraction of sp³-hybridized carbons (Fsp3) is 0.611. The second-order valence-corrected chi connectivity index (χ2v) is 6.95. The van der Waals surface area contributed by atoms with Crippen LogP contribution in [0.2, 0.25) is 0 Å². The molecule has 0 radical (unpaired) electrons. The van der Waals surface area contributed by atoms with Gasteiger partial charge in [0.25, 0.3) is 0 Å². The van der Waals surface area contributed by atoms with Crippen molar-refractivity contribution in [3.63, 3.8) is 0 Å². The average molecular weight is 321 g/mol. The minimum Gasteiger partial charge on any atom is -0.493 e. The molecule has 0 spiro atoms. The predicted octanol–water partition coefficient (Wildman–Crippen LogP) is 3.69. The van der Waals surface area contributed by atoms with Crippen molar-refractivity contribution >= 4 is 6.09 Å². The average Bonchev–Trinajstić information content (AvgIpc) is 2.96. The second kappa shape index (κ2) is 7.68. The Kier molecular flexibility index (Phi) is 5.88. The lowest BCUT2D eigenvalue weighted by Crippen LogP contribution is -2.34. The van der Waals surface area contributed by atoms with Crippen LogP contribution in [0.15, 0.2) is 24.3 Å². The van der Waals surface area contributed by atoms with Gasteiger partial charge in [0.1, 0.15) is 11.4 Å². The molecule has 1 aromatic rings. The number of amides is 1. The largest absolute Gasteiger partial charge is 0.493 e. The molecule has 1 aliphatic rings. The third kappa shape index (κ3) is 5.75. The van der Waals surface area contributed by atoms with E-state index in [9.17, 15) is 4.79 Å². The number of ether oxygens (including phenoxy) is 3. The molecule has 2 rings (SSSR count). The Morgan fingerprint density at radius 1 is 1.39 bits per heavy atom. The number of benzene rings is 1. The third-order valence-electron chi connectivity index (χ3n) is 3.62. The second-order valence-electron chi connectivity index (χ2n) is 6.95. The van der Waals surface area contributed by atoms with Gasteiger partial charge in [-0.1, -0.05) is 18.2 Å². The molecule has 1 saturated heterocycles. The molecule has 1 N–H and O–H groups in total. The molecular formula is C18H27NO4. The van der Waals surface area contributed by atoms with E-state index in [-0.39, 0.29) is 6.04 Å². The van der Waals surface area contributed by atoms with E-state index in [0.29, 0.717) is 12.5 Å². The van der Waals surface area contributed by atoms with Crippen LogP contribution in [0.5, 0.6) is 5.75 Å². The maximum atomic E-state index is 11.9. The van der Waals surface area contributed by atoms with Crippen LogP contribution in [0.4, 0.5) is 4.79 Å². The Morgan fingerprint density at radius 3 is 2.78 bits per heavy atom. The van der Waals surface area contributed by atoms with Crippen LogP contribution in [0.25, 0.3) is 0 Å². The van der Waals surface area contributed by atoms with Gasteiger partial charge in [0.15, 0.2) is 0 Å². The molecule has 0 saturated carbocycles. The molecule has 0 bridgehead atoms. The highest BCUT2D eigenvalue weighted by Crippen LogP contribution is 2.26. The number of hydrogen-bond acceptors (Lipinski definition) is 4. The third-order valence-corrected chi connectivity index (χ3v) is 3.62. The Labute approximate surface area is 138 Å². The number of carbonyl (C=O) groups is 1. The Bertz CT molecular complexity index is 518. The van der Waals surface area contributed by atoms with Crippen molar-refractivity contribution in [1.29, 1.82) is 0 Å². The number of nitrogens with one attached hydrogen (secondary N) is 1. The van der Waals surface area contributed by atoms with Gasteiger partial charge < -0.3 is 19.5 Å². The summed E-state index contributed by atoms with van der Waals surface area (Å²) in [6.45, 7) is 9.66. The summed E-state index contributed by atoms with van der Waals surface area (Å²) >= 11 is 0. The maximum Gasteiger partial charge on any atom is 0.408 e. The molecule has 0 aliphatic carbocycles. The van der Waals surface area contributed by atoms with E-state index in [1.54, 1.807) is 0 Å². The molecule has 1 heterocycles. The molecule has 1 unspecified atom stereocenters. The Hall–Kier alpha value is -1.75. The van der Waals surface area contributed by atoms with Crippen molar-refractivity contribution < 1.29 is 19.0 Å². The first kappa shape index (κ1) is 17.6. The van der Waals surface area contributed by atoms with Gasteiger partial charge in [0.2, 0.25) is 0 Å². The molecule has 1 aliphatic heterocycles. The van der Waals surface area contributed by atoms with Crippen LogP contribution in [0, 0.1) is 5.92 Å². The molecule has 1 amide bonds. The first-order valence-corrected chi connectivity index (χ1v) is 8.14. The molecule has 5 nitrogen and oxygen atoms in total. The molecule has 1 aromatic carbocycles. The molecular weight excluding hydrogens is 294 g/mol. The summed E-state index contributed by atoms with van der Waals surface area (Å²) in [6, 6.07) is 7.57. The van der Waals surface area contributed by atoms with E-state index in [2.05, 4.69) is 5.32 Å². The molecule has 23 heavy (non-hydrogen) atoms. The summed E-state index contributed by atoms with van der Waals surface area (Å²) in [5.41, 5.74) is 0.430. The summed E-state index contributed by atoms with van der Waals surface area (Å²) in [5.74, 6) is 1.24. The van der Waals surface area contributed by atoms with Crippen molar-refractivity contribution in [2.24, 2.45) is 5.92 Å². The van der Waals surface area contributed by atoms with Gasteiger partial charge in [-0.15, -0.1) is 0 Å². The predicted molar refractivity (Wildman–Crippen MR) is 88.6 cm³/mol. The van der Waals surface area contributed by atoms with Crippen molar-refractivity contribution in [3.05, 3.63) is 29.8 Å². The first-order valence-electron chi connectivity index (χ1n) is 8.14. The van der Waals surface area contributed by atoms with Gasteiger partial charge >= 0.3 is 6.09 Å². The van der Waals surface area contributed by atoms with Crippen molar-refractivity contribution in [1.82, 2.24) is 5.32 Å². The molecule has 1 fully saturated rings. The van der Waals surface area contributed by atoms with Gasteiger partial charge in [0, 0.05) is 18.1 Å². The van der Waals surface area contributed by atoms with Crippen LogP contribution >= 0.6 is 0 Å². The molecule has 0 aromatic heterocycles. The zero-order chi connectivity index (χ0) is 16.9. The highest BCUT2D eigenvalue weighted by atomic mass is 16.6. The summed E-state index contributed by atoms with van der Waals surface area (Å²) in [6.07, 6.45) is 0.609. The van der Waals surface area contributed by atoms with E-state index in [1.807, 2.05) is 52.0 Å². The summed E-state index contributed by atoms with van der Waals surface area (Å²) < 4.78 is 16.6. The quantitative estimate of drug-likeness (QED) is 0.898. The van der Waals surface area contributed by atoms with E-state index in [0.717, 1.165) is 30.9 Å². The van der Waals surface area contributed by atoms with Crippen LogP contribution < -0.4 is 10.1 Å². The van der Waals surface area contributed by atoms with Crippen LogP contribution in [-0.4, -0.2) is 31.5 Å². The van der Waals surface area contributed by atoms with Crippen LogP contribution in [0.3, 0.4) is 0 Å². The van der Waals surface area contributed by atoms with Crippen LogP contribution in [-0.2, 0) is 9.47 Å². The molecule has 2 atom stereocenters. The zero-order valence-corrected chi connectivity index (χ0v) is 14.4. The van der Waals surface area contributed by atoms with Crippen LogP contribution in [0.1, 0.15) is 45.7 Å². The fourth-order valence-electron chi connectivity index (χ4n) is 2.45. The smallest absolute Gasteiger partial charge is 0.408 e. The minimum absolute atomic E-state index is 0.194. The zero-order valence-electron chi connectivity index (χ0n) is 14.4. The maximum absolute atomic E-state index is 11.9.